The molecule has 1 aliphatic rings. The second kappa shape index (κ2) is 8.67. The van der Waals surface area contributed by atoms with E-state index in [2.05, 4.69) is 15.0 Å². The second-order valence-corrected chi connectivity index (χ2v) is 8.29. The summed E-state index contributed by atoms with van der Waals surface area (Å²) in [5.41, 5.74) is 1.55. The molecule has 0 spiro atoms. The third-order valence-electron chi connectivity index (χ3n) is 4.13. The molecule has 152 valence electrons. The topological polar surface area (TPSA) is 96.9 Å². The van der Waals surface area contributed by atoms with Crippen molar-refractivity contribution in [1.82, 2.24) is 4.72 Å². The van der Waals surface area contributed by atoms with Gasteiger partial charge in [0.05, 0.1) is 6.61 Å². The third-order valence-corrected chi connectivity index (χ3v) is 5.93. The van der Waals surface area contributed by atoms with Crippen molar-refractivity contribution in [3.05, 3.63) is 64.7 Å². The number of benzene rings is 2. The summed E-state index contributed by atoms with van der Waals surface area (Å²) in [6.07, 6.45) is 0. The molecular formula is C20H20ClN3O4S. The van der Waals surface area contributed by atoms with Crippen molar-refractivity contribution in [1.29, 1.82) is 0 Å². The number of ether oxygens (including phenoxy) is 1. The van der Waals surface area contributed by atoms with Crippen LogP contribution in [0.15, 0.2) is 59.1 Å². The van der Waals surface area contributed by atoms with Gasteiger partial charge in [-0.15, -0.1) is 0 Å². The molecule has 0 aliphatic carbocycles. The number of nitrogens with zero attached hydrogens (tertiary/aromatic N) is 1. The van der Waals surface area contributed by atoms with Crippen molar-refractivity contribution >= 4 is 44.0 Å². The second-order valence-electron chi connectivity index (χ2n) is 6.24. The molecule has 0 fully saturated rings. The summed E-state index contributed by atoms with van der Waals surface area (Å²) >= 11 is 5.87. The molecule has 0 aromatic heterocycles. The largest absolute Gasteiger partial charge is 0.494 e. The molecule has 2 aromatic rings. The van der Waals surface area contributed by atoms with Crippen LogP contribution in [0.2, 0.25) is 5.02 Å². The first-order chi connectivity index (χ1) is 13.8. The number of carbonyl (C=O) groups is 1. The highest BCUT2D eigenvalue weighted by atomic mass is 35.5. The van der Waals surface area contributed by atoms with Crippen molar-refractivity contribution in [2.45, 2.75) is 13.8 Å². The van der Waals surface area contributed by atoms with Gasteiger partial charge in [-0.1, -0.05) is 23.7 Å². The van der Waals surface area contributed by atoms with Crippen LogP contribution in [-0.2, 0) is 14.8 Å². The van der Waals surface area contributed by atoms with Crippen molar-refractivity contribution in [2.75, 3.05) is 18.5 Å². The molecule has 2 N–H and O–H groups in total. The average Bonchev–Trinajstić information content (AvgIpc) is 2.91. The highest BCUT2D eigenvalue weighted by molar-refractivity contribution is 8.00. The van der Waals surface area contributed by atoms with Crippen LogP contribution in [0, 0.1) is 0 Å². The van der Waals surface area contributed by atoms with E-state index in [-0.39, 0.29) is 23.2 Å². The summed E-state index contributed by atoms with van der Waals surface area (Å²) in [5, 5.41) is 3.22. The van der Waals surface area contributed by atoms with E-state index in [9.17, 15) is 13.2 Å². The van der Waals surface area contributed by atoms with Crippen molar-refractivity contribution in [3.63, 3.8) is 0 Å². The minimum atomic E-state index is -3.76. The maximum atomic E-state index is 12.5. The Labute approximate surface area is 174 Å². The standard InChI is InChI=1S/C20H20ClN3O4S/c1-3-28-17-10-8-16(9-11-17)23-18(25)12-22-20-13(2)19(29(26,27)24-20)14-4-6-15(21)7-5-14/h4-11H,3,12H2,1-2H3,(H,22,24)(H,23,25). The number of amidine groups is 1. The van der Waals surface area contributed by atoms with E-state index >= 15 is 0 Å². The first-order valence-corrected chi connectivity index (χ1v) is 10.7. The smallest absolute Gasteiger partial charge is 0.264 e. The molecule has 1 heterocycles. The Morgan fingerprint density at radius 3 is 2.41 bits per heavy atom. The molecule has 0 bridgehead atoms. The van der Waals surface area contributed by atoms with Crippen LogP contribution in [0.4, 0.5) is 5.69 Å². The van der Waals surface area contributed by atoms with Gasteiger partial charge in [-0.2, -0.15) is 0 Å². The van der Waals surface area contributed by atoms with Gasteiger partial charge in [0.1, 0.15) is 23.0 Å². The number of amides is 1. The molecule has 0 saturated heterocycles. The number of halogens is 1. The Hall–Kier alpha value is -2.84. The number of aliphatic imine (C=N–C) groups is 1. The summed E-state index contributed by atoms with van der Waals surface area (Å²) in [7, 11) is -3.76. The lowest BCUT2D eigenvalue weighted by Gasteiger charge is -2.06. The minimum absolute atomic E-state index is 0.125. The number of sulfonamides is 1. The van der Waals surface area contributed by atoms with Gasteiger partial charge in [0.15, 0.2) is 0 Å². The van der Waals surface area contributed by atoms with Gasteiger partial charge in [0, 0.05) is 16.3 Å². The van der Waals surface area contributed by atoms with Gasteiger partial charge in [0.2, 0.25) is 5.91 Å². The maximum absolute atomic E-state index is 12.5. The van der Waals surface area contributed by atoms with E-state index in [0.717, 1.165) is 0 Å². The SMILES string of the molecule is CCOc1ccc(NC(=O)CN=C2NS(=O)(=O)C(c3ccc(Cl)cc3)=C2C)cc1. The van der Waals surface area contributed by atoms with Crippen LogP contribution in [0.3, 0.4) is 0 Å². The van der Waals surface area contributed by atoms with Crippen LogP contribution in [0.25, 0.3) is 4.91 Å². The van der Waals surface area contributed by atoms with Crippen LogP contribution < -0.4 is 14.8 Å². The Morgan fingerprint density at radius 2 is 1.79 bits per heavy atom. The highest BCUT2D eigenvalue weighted by Gasteiger charge is 2.32. The van der Waals surface area contributed by atoms with Crippen LogP contribution in [0.5, 0.6) is 5.75 Å². The molecule has 29 heavy (non-hydrogen) atoms. The summed E-state index contributed by atoms with van der Waals surface area (Å²) < 4.78 is 32.7. The molecule has 0 atom stereocenters. The zero-order valence-electron chi connectivity index (χ0n) is 15.9. The summed E-state index contributed by atoms with van der Waals surface area (Å²) in [6.45, 7) is 3.87. The average molecular weight is 434 g/mol. The van der Waals surface area contributed by atoms with E-state index in [1.165, 1.54) is 0 Å². The van der Waals surface area contributed by atoms with Crippen LogP contribution in [-0.4, -0.2) is 33.3 Å². The Morgan fingerprint density at radius 1 is 1.14 bits per heavy atom. The van der Waals surface area contributed by atoms with E-state index in [0.29, 0.717) is 34.2 Å². The first kappa shape index (κ1) is 20.9. The predicted octanol–water partition coefficient (Wildman–Crippen LogP) is 3.44. The monoisotopic (exact) mass is 433 g/mol. The molecule has 1 aliphatic heterocycles. The minimum Gasteiger partial charge on any atom is -0.494 e. The number of hydrogen-bond donors (Lipinski definition) is 2. The molecule has 2 aromatic carbocycles. The Bertz CT molecular complexity index is 1080. The molecule has 0 radical (unpaired) electrons. The number of rotatable bonds is 6. The fourth-order valence-electron chi connectivity index (χ4n) is 2.84. The zero-order chi connectivity index (χ0) is 21.0. The first-order valence-electron chi connectivity index (χ1n) is 8.87. The molecule has 0 unspecified atom stereocenters. The molecule has 7 nitrogen and oxygen atoms in total. The van der Waals surface area contributed by atoms with Crippen LogP contribution in [0.1, 0.15) is 19.4 Å². The van der Waals surface area contributed by atoms with E-state index < -0.39 is 10.0 Å². The van der Waals surface area contributed by atoms with Crippen LogP contribution >= 0.6 is 11.6 Å². The fraction of sp³-hybridized carbons (Fsp3) is 0.200. The molecule has 0 saturated carbocycles. The van der Waals surface area contributed by atoms with Gasteiger partial charge >= 0.3 is 0 Å². The lowest BCUT2D eigenvalue weighted by Crippen LogP contribution is -2.25. The number of nitrogens with one attached hydrogen (secondary N) is 2. The summed E-state index contributed by atoms with van der Waals surface area (Å²) in [5.74, 6) is 0.493. The van der Waals surface area contributed by atoms with E-state index in [4.69, 9.17) is 16.3 Å². The predicted molar refractivity (Wildman–Crippen MR) is 115 cm³/mol. The number of carbonyl (C=O) groups excluding carboxylic acids is 1. The van der Waals surface area contributed by atoms with Gasteiger partial charge in [0.25, 0.3) is 10.0 Å². The van der Waals surface area contributed by atoms with Gasteiger partial charge in [-0.05, 0) is 55.8 Å². The van der Waals surface area contributed by atoms with Gasteiger partial charge in [-0.25, -0.2) is 8.42 Å². The van der Waals surface area contributed by atoms with Crippen molar-refractivity contribution in [3.8, 4) is 5.75 Å². The van der Waals surface area contributed by atoms with Gasteiger partial charge < -0.3 is 10.1 Å². The normalized spacial score (nSPS) is 16.6. The molecule has 1 amide bonds. The maximum Gasteiger partial charge on any atom is 0.264 e. The molecule has 3 rings (SSSR count). The lowest BCUT2D eigenvalue weighted by atomic mass is 10.1. The zero-order valence-corrected chi connectivity index (χ0v) is 17.5. The van der Waals surface area contributed by atoms with E-state index in [1.54, 1.807) is 55.5 Å². The summed E-state index contributed by atoms with van der Waals surface area (Å²) in [4.78, 5) is 16.4. The number of anilines is 1. The van der Waals surface area contributed by atoms with E-state index in [1.807, 2.05) is 6.92 Å². The van der Waals surface area contributed by atoms with Crippen molar-refractivity contribution in [2.24, 2.45) is 4.99 Å². The lowest BCUT2D eigenvalue weighted by molar-refractivity contribution is -0.114. The highest BCUT2D eigenvalue weighted by Crippen LogP contribution is 2.30. The third kappa shape index (κ3) is 4.96. The fourth-order valence-corrected chi connectivity index (χ4v) is 4.49. The van der Waals surface area contributed by atoms with Gasteiger partial charge in [-0.3, -0.25) is 14.5 Å². The number of hydrogen-bond acceptors (Lipinski definition) is 5. The summed E-state index contributed by atoms with van der Waals surface area (Å²) in [6, 6.07) is 13.4. The van der Waals surface area contributed by atoms with Crippen molar-refractivity contribution < 1.29 is 17.9 Å². The molecule has 9 heteroatoms. The Balaban J connectivity index is 1.73. The quantitative estimate of drug-likeness (QED) is 0.729. The molecular weight excluding hydrogens is 414 g/mol. The Kier molecular flexibility index (Phi) is 6.24.